The van der Waals surface area contributed by atoms with E-state index < -0.39 is 22.4 Å². The molecule has 0 heterocycles. The third-order valence-corrected chi connectivity index (χ3v) is 2.35. The number of nitrogens with zero attached hydrogens (tertiary/aromatic N) is 1. The number of rotatable bonds is 6. The van der Waals surface area contributed by atoms with Crippen molar-refractivity contribution >= 4 is 11.8 Å². The molecule has 0 atom stereocenters. The van der Waals surface area contributed by atoms with E-state index in [4.69, 9.17) is 4.74 Å². The molecule has 0 bridgehead atoms. The van der Waals surface area contributed by atoms with Gasteiger partial charge in [-0.05, 0) is 31.9 Å². The quantitative estimate of drug-likeness (QED) is 0.344. The third kappa shape index (κ3) is 6.51. The average molecular weight is 295 g/mol. The molecule has 114 valence electrons. The molecule has 0 fully saturated rings. The lowest BCUT2D eigenvalue weighted by atomic mass is 10.1. The summed E-state index contributed by atoms with van der Waals surface area (Å²) in [7, 11) is 0. The molecule has 1 rings (SSSR count). The van der Waals surface area contributed by atoms with Gasteiger partial charge in [-0.25, -0.2) is 4.79 Å². The van der Waals surface area contributed by atoms with Crippen LogP contribution in [0.25, 0.3) is 0 Å². The lowest BCUT2D eigenvalue weighted by Crippen LogP contribution is -2.29. The van der Waals surface area contributed by atoms with Crippen molar-refractivity contribution in [1.29, 1.82) is 0 Å². The van der Waals surface area contributed by atoms with Gasteiger partial charge < -0.3 is 9.57 Å². The van der Waals surface area contributed by atoms with Gasteiger partial charge in [-0.3, -0.25) is 4.79 Å². The lowest BCUT2D eigenvalue weighted by molar-refractivity contribution is -0.763. The number of ether oxygens (including phenoxy) is 1. The molecule has 0 unspecified atom stereocenters. The summed E-state index contributed by atoms with van der Waals surface area (Å²) >= 11 is 0. The highest BCUT2D eigenvalue weighted by Crippen LogP contribution is 2.10. The maximum absolute atomic E-state index is 11.7. The SMILES string of the molecule is CC(C)(C)OC(=O)C(=O)Cc1ccc(CO[N+](=O)[O-])cc1. The second kappa shape index (κ2) is 6.83. The first-order valence-electron chi connectivity index (χ1n) is 6.28. The van der Waals surface area contributed by atoms with Gasteiger partial charge in [0.1, 0.15) is 12.2 Å². The number of ketones is 1. The highest BCUT2D eigenvalue weighted by atomic mass is 16.9. The number of hydrogen-bond acceptors (Lipinski definition) is 6. The van der Waals surface area contributed by atoms with Crippen molar-refractivity contribution in [2.45, 2.75) is 39.4 Å². The van der Waals surface area contributed by atoms with Crippen LogP contribution in [0.3, 0.4) is 0 Å². The Labute approximate surface area is 122 Å². The number of benzene rings is 1. The van der Waals surface area contributed by atoms with Gasteiger partial charge in [0.2, 0.25) is 5.78 Å². The zero-order chi connectivity index (χ0) is 16.0. The van der Waals surface area contributed by atoms with E-state index in [1.807, 2.05) is 0 Å². The normalized spacial score (nSPS) is 10.8. The predicted molar refractivity (Wildman–Crippen MR) is 72.8 cm³/mol. The summed E-state index contributed by atoms with van der Waals surface area (Å²) in [5, 5.41) is 9.19. The fraction of sp³-hybridized carbons (Fsp3) is 0.429. The van der Waals surface area contributed by atoms with Crippen molar-refractivity contribution in [3.8, 4) is 0 Å². The van der Waals surface area contributed by atoms with Gasteiger partial charge in [0, 0.05) is 6.42 Å². The van der Waals surface area contributed by atoms with E-state index in [2.05, 4.69) is 4.84 Å². The summed E-state index contributed by atoms with van der Waals surface area (Å²) in [6.45, 7) is 4.89. The van der Waals surface area contributed by atoms with E-state index in [1.165, 1.54) is 0 Å². The molecule has 1 aromatic carbocycles. The summed E-state index contributed by atoms with van der Waals surface area (Å²) < 4.78 is 4.98. The van der Waals surface area contributed by atoms with Crippen LogP contribution in [-0.2, 0) is 32.2 Å². The first-order chi connectivity index (χ1) is 9.67. The largest absolute Gasteiger partial charge is 0.454 e. The summed E-state index contributed by atoms with van der Waals surface area (Å²) in [5.74, 6) is -1.51. The van der Waals surface area contributed by atoms with Crippen LogP contribution in [0.15, 0.2) is 24.3 Å². The van der Waals surface area contributed by atoms with E-state index in [1.54, 1.807) is 45.0 Å². The summed E-state index contributed by atoms with van der Waals surface area (Å²) in [6.07, 6.45) is -0.0781. The molecule has 0 radical (unpaired) electrons. The van der Waals surface area contributed by atoms with E-state index in [9.17, 15) is 19.7 Å². The van der Waals surface area contributed by atoms with Crippen LogP contribution < -0.4 is 0 Å². The Morgan fingerprint density at radius 2 is 1.67 bits per heavy atom. The number of carbonyl (C=O) groups is 2. The number of hydrogen-bond donors (Lipinski definition) is 0. The minimum atomic E-state index is -0.875. The molecule has 1 aromatic rings. The van der Waals surface area contributed by atoms with Crippen molar-refractivity contribution < 1.29 is 24.3 Å². The zero-order valence-corrected chi connectivity index (χ0v) is 12.1. The molecule has 0 saturated carbocycles. The number of carbonyl (C=O) groups excluding carboxylic acids is 2. The Hall–Kier alpha value is -2.44. The van der Waals surface area contributed by atoms with Crippen molar-refractivity contribution in [3.63, 3.8) is 0 Å². The smallest absolute Gasteiger partial charge is 0.375 e. The van der Waals surface area contributed by atoms with Crippen molar-refractivity contribution in [2.75, 3.05) is 0 Å². The number of esters is 1. The van der Waals surface area contributed by atoms with Gasteiger partial charge in [0.25, 0.3) is 5.09 Å². The fourth-order valence-corrected chi connectivity index (χ4v) is 1.47. The topological polar surface area (TPSA) is 95.7 Å². The Morgan fingerprint density at radius 3 is 2.14 bits per heavy atom. The Kier molecular flexibility index (Phi) is 5.40. The monoisotopic (exact) mass is 295 g/mol. The van der Waals surface area contributed by atoms with Crippen molar-refractivity contribution in [2.24, 2.45) is 0 Å². The molecule has 7 heteroatoms. The predicted octanol–water partition coefficient (Wildman–Crippen LogP) is 1.85. The average Bonchev–Trinajstić information content (AvgIpc) is 2.35. The zero-order valence-electron chi connectivity index (χ0n) is 12.1. The van der Waals surface area contributed by atoms with E-state index >= 15 is 0 Å². The van der Waals surface area contributed by atoms with Gasteiger partial charge in [-0.15, -0.1) is 10.1 Å². The summed E-state index contributed by atoms with van der Waals surface area (Å²) in [6, 6.07) is 6.42. The van der Waals surface area contributed by atoms with Gasteiger partial charge in [0.15, 0.2) is 0 Å². The van der Waals surface area contributed by atoms with Crippen LogP contribution in [0.4, 0.5) is 0 Å². The highest BCUT2D eigenvalue weighted by Gasteiger charge is 2.22. The molecule has 21 heavy (non-hydrogen) atoms. The summed E-state index contributed by atoms with van der Waals surface area (Å²) in [5.41, 5.74) is 0.507. The molecule has 0 N–H and O–H groups in total. The van der Waals surface area contributed by atoms with Gasteiger partial charge in [-0.1, -0.05) is 24.3 Å². The Bertz CT molecular complexity index is 529. The van der Waals surface area contributed by atoms with E-state index in [0.29, 0.717) is 11.1 Å². The Balaban J connectivity index is 2.57. The van der Waals surface area contributed by atoms with Crippen LogP contribution in [0.2, 0.25) is 0 Å². The van der Waals surface area contributed by atoms with Gasteiger partial charge in [-0.2, -0.15) is 0 Å². The molecular weight excluding hydrogens is 278 g/mol. The molecule has 0 aliphatic carbocycles. The molecular formula is C14H17NO6. The van der Waals surface area contributed by atoms with Crippen LogP contribution >= 0.6 is 0 Å². The second-order valence-corrected chi connectivity index (χ2v) is 5.42. The molecule has 0 aliphatic heterocycles. The first-order valence-corrected chi connectivity index (χ1v) is 6.28. The molecule has 0 aromatic heterocycles. The molecule has 0 spiro atoms. The second-order valence-electron chi connectivity index (χ2n) is 5.42. The van der Waals surface area contributed by atoms with Crippen LogP contribution in [-0.4, -0.2) is 22.4 Å². The van der Waals surface area contributed by atoms with Gasteiger partial charge >= 0.3 is 5.97 Å². The van der Waals surface area contributed by atoms with E-state index in [0.717, 1.165) is 0 Å². The highest BCUT2D eigenvalue weighted by molar-refractivity contribution is 6.34. The molecule has 7 nitrogen and oxygen atoms in total. The fourth-order valence-electron chi connectivity index (χ4n) is 1.47. The molecule has 0 aliphatic rings. The standard InChI is InChI=1S/C14H17NO6/c1-14(2,3)21-13(17)12(16)8-10-4-6-11(7-5-10)9-20-15(18)19/h4-7H,8-9H2,1-3H3. The third-order valence-electron chi connectivity index (χ3n) is 2.35. The maximum Gasteiger partial charge on any atom is 0.375 e. The van der Waals surface area contributed by atoms with E-state index in [-0.39, 0.29) is 13.0 Å². The van der Waals surface area contributed by atoms with Crippen LogP contribution in [0.1, 0.15) is 31.9 Å². The van der Waals surface area contributed by atoms with Gasteiger partial charge in [0.05, 0.1) is 0 Å². The first kappa shape index (κ1) is 16.6. The minimum Gasteiger partial charge on any atom is -0.454 e. The minimum absolute atomic E-state index is 0.0781. The maximum atomic E-state index is 11.7. The van der Waals surface area contributed by atoms with Crippen molar-refractivity contribution in [3.05, 3.63) is 45.5 Å². The molecule has 0 amide bonds. The van der Waals surface area contributed by atoms with Crippen molar-refractivity contribution in [1.82, 2.24) is 0 Å². The van der Waals surface area contributed by atoms with Crippen LogP contribution in [0.5, 0.6) is 0 Å². The summed E-state index contributed by atoms with van der Waals surface area (Å²) in [4.78, 5) is 37.5. The molecule has 0 saturated heterocycles. The van der Waals surface area contributed by atoms with Crippen LogP contribution in [0, 0.1) is 10.1 Å². The number of Topliss-reactive ketones (excluding diaryl/α,β-unsaturated/α-hetero) is 1. The Morgan fingerprint density at radius 1 is 1.14 bits per heavy atom. The lowest BCUT2D eigenvalue weighted by Gasteiger charge is -2.18.